The molecule has 1 fully saturated rings. The van der Waals surface area contributed by atoms with E-state index in [0.29, 0.717) is 26.1 Å². The Morgan fingerprint density at radius 3 is 2.35 bits per heavy atom. The van der Waals surface area contributed by atoms with Crippen LogP contribution in [0.5, 0.6) is 0 Å². The fraction of sp³-hybridized carbons (Fsp3) is 0.333. The van der Waals surface area contributed by atoms with E-state index in [4.69, 9.17) is 4.74 Å². The second-order valence-electron chi connectivity index (χ2n) is 5.68. The third-order valence-electron chi connectivity index (χ3n) is 4.09. The molecule has 4 nitrogen and oxygen atoms in total. The van der Waals surface area contributed by atoms with Gasteiger partial charge in [0, 0.05) is 13.1 Å². The van der Waals surface area contributed by atoms with Crippen molar-refractivity contribution in [3.05, 3.63) is 71.8 Å². The topological polar surface area (TPSA) is 46.6 Å². The van der Waals surface area contributed by atoms with Crippen LogP contribution in [0.25, 0.3) is 0 Å². The Balaban J connectivity index is 1.65. The molecule has 0 spiro atoms. The van der Waals surface area contributed by atoms with Crippen molar-refractivity contribution in [2.75, 3.05) is 25.4 Å². The van der Waals surface area contributed by atoms with Crippen LogP contribution in [0.1, 0.15) is 17.2 Å². The molecule has 1 aliphatic rings. The van der Waals surface area contributed by atoms with Gasteiger partial charge in [-0.2, -0.15) is 4.31 Å². The SMILES string of the molecule is O=S(=O)(CCc1ccccc1)N1CCO[C@@H](c2ccccc2)C1. The number of aryl methyl sites for hydroxylation is 1. The van der Waals surface area contributed by atoms with Crippen molar-refractivity contribution < 1.29 is 13.2 Å². The van der Waals surface area contributed by atoms with Crippen LogP contribution in [0.15, 0.2) is 60.7 Å². The van der Waals surface area contributed by atoms with Gasteiger partial charge < -0.3 is 4.74 Å². The summed E-state index contributed by atoms with van der Waals surface area (Å²) >= 11 is 0. The molecule has 23 heavy (non-hydrogen) atoms. The van der Waals surface area contributed by atoms with Gasteiger partial charge in [0.15, 0.2) is 0 Å². The van der Waals surface area contributed by atoms with Crippen molar-refractivity contribution in [3.8, 4) is 0 Å². The van der Waals surface area contributed by atoms with Crippen LogP contribution in [-0.2, 0) is 21.2 Å². The van der Waals surface area contributed by atoms with E-state index in [9.17, 15) is 8.42 Å². The maximum absolute atomic E-state index is 12.6. The molecule has 0 N–H and O–H groups in total. The molecule has 1 atom stereocenters. The normalized spacial score (nSPS) is 19.6. The molecule has 0 saturated carbocycles. The highest BCUT2D eigenvalue weighted by Gasteiger charge is 2.29. The highest BCUT2D eigenvalue weighted by molar-refractivity contribution is 7.89. The molecule has 1 heterocycles. The van der Waals surface area contributed by atoms with Gasteiger partial charge in [-0.25, -0.2) is 8.42 Å². The third kappa shape index (κ3) is 4.19. The van der Waals surface area contributed by atoms with E-state index >= 15 is 0 Å². The average Bonchev–Trinajstić information content (AvgIpc) is 2.62. The lowest BCUT2D eigenvalue weighted by molar-refractivity contribution is -0.00253. The van der Waals surface area contributed by atoms with Crippen LogP contribution >= 0.6 is 0 Å². The first-order valence-corrected chi connectivity index (χ1v) is 9.44. The molecule has 1 aliphatic heterocycles. The zero-order valence-corrected chi connectivity index (χ0v) is 13.8. The summed E-state index contributed by atoms with van der Waals surface area (Å²) in [5.74, 6) is 0.137. The van der Waals surface area contributed by atoms with Crippen LogP contribution in [0, 0.1) is 0 Å². The van der Waals surface area contributed by atoms with Crippen LogP contribution in [0.2, 0.25) is 0 Å². The summed E-state index contributed by atoms with van der Waals surface area (Å²) in [5, 5.41) is 0. The molecule has 3 rings (SSSR count). The summed E-state index contributed by atoms with van der Waals surface area (Å²) < 4.78 is 32.5. The first-order valence-electron chi connectivity index (χ1n) is 7.83. The number of sulfonamides is 1. The maximum Gasteiger partial charge on any atom is 0.214 e. The molecule has 122 valence electrons. The number of ether oxygens (including phenoxy) is 1. The lowest BCUT2D eigenvalue weighted by Gasteiger charge is -2.32. The first-order chi connectivity index (χ1) is 11.1. The first kappa shape index (κ1) is 16.2. The van der Waals surface area contributed by atoms with Gasteiger partial charge in [-0.05, 0) is 17.5 Å². The van der Waals surface area contributed by atoms with E-state index in [-0.39, 0.29) is 11.9 Å². The number of rotatable bonds is 5. The molecule has 5 heteroatoms. The van der Waals surface area contributed by atoms with Crippen molar-refractivity contribution >= 4 is 10.0 Å². The van der Waals surface area contributed by atoms with Gasteiger partial charge in [-0.1, -0.05) is 60.7 Å². The minimum absolute atomic E-state index is 0.137. The Morgan fingerprint density at radius 2 is 1.65 bits per heavy atom. The zero-order valence-electron chi connectivity index (χ0n) is 13.0. The van der Waals surface area contributed by atoms with Crippen molar-refractivity contribution in [2.24, 2.45) is 0 Å². The summed E-state index contributed by atoms with van der Waals surface area (Å²) in [7, 11) is -3.27. The maximum atomic E-state index is 12.6. The fourth-order valence-corrected chi connectivity index (χ4v) is 4.24. The largest absolute Gasteiger partial charge is 0.371 e. The zero-order chi connectivity index (χ0) is 16.1. The molecule has 2 aromatic rings. The molecule has 0 aliphatic carbocycles. The Morgan fingerprint density at radius 1 is 1.00 bits per heavy atom. The van der Waals surface area contributed by atoms with Gasteiger partial charge in [-0.3, -0.25) is 0 Å². The molecule has 0 bridgehead atoms. The Bertz CT molecular complexity index is 716. The number of nitrogens with zero attached hydrogens (tertiary/aromatic N) is 1. The van der Waals surface area contributed by atoms with Gasteiger partial charge >= 0.3 is 0 Å². The Labute approximate surface area is 137 Å². The van der Waals surface area contributed by atoms with Crippen LogP contribution in [0.3, 0.4) is 0 Å². The van der Waals surface area contributed by atoms with Crippen LogP contribution in [0.4, 0.5) is 0 Å². The highest BCUT2D eigenvalue weighted by Crippen LogP contribution is 2.24. The molecule has 0 radical (unpaired) electrons. The van der Waals surface area contributed by atoms with E-state index in [0.717, 1.165) is 11.1 Å². The molecule has 2 aromatic carbocycles. The van der Waals surface area contributed by atoms with E-state index < -0.39 is 10.0 Å². The average molecular weight is 331 g/mol. The summed E-state index contributed by atoms with van der Waals surface area (Å²) in [4.78, 5) is 0. The number of hydrogen-bond acceptors (Lipinski definition) is 3. The van der Waals surface area contributed by atoms with E-state index in [1.165, 1.54) is 0 Å². The Kier molecular flexibility index (Phi) is 5.10. The van der Waals surface area contributed by atoms with E-state index in [1.807, 2.05) is 60.7 Å². The number of hydrogen-bond donors (Lipinski definition) is 0. The lowest BCUT2D eigenvalue weighted by atomic mass is 10.1. The van der Waals surface area contributed by atoms with Crippen LogP contribution in [-0.4, -0.2) is 38.2 Å². The van der Waals surface area contributed by atoms with Gasteiger partial charge in [0.05, 0.1) is 18.5 Å². The predicted molar refractivity (Wildman–Crippen MR) is 90.6 cm³/mol. The van der Waals surface area contributed by atoms with Gasteiger partial charge in [0.1, 0.15) is 0 Å². The summed E-state index contributed by atoms with van der Waals surface area (Å²) in [6, 6.07) is 19.5. The quantitative estimate of drug-likeness (QED) is 0.846. The second-order valence-corrected chi connectivity index (χ2v) is 7.77. The molecular weight excluding hydrogens is 310 g/mol. The summed E-state index contributed by atoms with van der Waals surface area (Å²) in [6.45, 7) is 1.26. The van der Waals surface area contributed by atoms with Crippen LogP contribution < -0.4 is 0 Å². The minimum Gasteiger partial charge on any atom is -0.371 e. The summed E-state index contributed by atoms with van der Waals surface area (Å²) in [5.41, 5.74) is 2.07. The Hall–Kier alpha value is -1.69. The smallest absolute Gasteiger partial charge is 0.214 e. The molecule has 1 saturated heterocycles. The van der Waals surface area contributed by atoms with Gasteiger partial charge in [0.2, 0.25) is 10.0 Å². The molecular formula is C18H21NO3S. The fourth-order valence-electron chi connectivity index (χ4n) is 2.77. The number of morpholine rings is 1. The monoisotopic (exact) mass is 331 g/mol. The van der Waals surface area contributed by atoms with Gasteiger partial charge in [-0.15, -0.1) is 0 Å². The minimum atomic E-state index is -3.27. The summed E-state index contributed by atoms with van der Waals surface area (Å²) in [6.07, 6.45) is 0.354. The van der Waals surface area contributed by atoms with Gasteiger partial charge in [0.25, 0.3) is 0 Å². The van der Waals surface area contributed by atoms with Crippen molar-refractivity contribution in [1.29, 1.82) is 0 Å². The van der Waals surface area contributed by atoms with Crippen molar-refractivity contribution in [3.63, 3.8) is 0 Å². The molecule has 0 amide bonds. The predicted octanol–water partition coefficient (Wildman–Crippen LogP) is 2.63. The van der Waals surface area contributed by atoms with Crippen molar-refractivity contribution in [1.82, 2.24) is 4.31 Å². The van der Waals surface area contributed by atoms with E-state index in [1.54, 1.807) is 4.31 Å². The third-order valence-corrected chi connectivity index (χ3v) is 5.92. The number of benzene rings is 2. The lowest BCUT2D eigenvalue weighted by Crippen LogP contribution is -2.43. The van der Waals surface area contributed by atoms with Crippen molar-refractivity contribution in [2.45, 2.75) is 12.5 Å². The highest BCUT2D eigenvalue weighted by atomic mass is 32.2. The second kappa shape index (κ2) is 7.25. The molecule has 0 unspecified atom stereocenters. The molecule has 0 aromatic heterocycles. The van der Waals surface area contributed by atoms with E-state index in [2.05, 4.69) is 0 Å². The standard InChI is InChI=1S/C18H21NO3S/c20-23(21,14-11-16-7-3-1-4-8-16)19-12-13-22-18(15-19)17-9-5-2-6-10-17/h1-10,18H,11-15H2/t18-/m1/s1.